The molecule has 0 aliphatic heterocycles. The number of hydrogen-bond acceptors (Lipinski definition) is 4. The van der Waals surface area contributed by atoms with Gasteiger partial charge in [0.05, 0.1) is 11.0 Å². The lowest BCUT2D eigenvalue weighted by atomic mass is 9.95. The Kier molecular flexibility index (Phi) is 4.14. The maximum atomic E-state index is 13.7. The number of aryl methyl sites for hydroxylation is 1. The zero-order chi connectivity index (χ0) is 14.8. The summed E-state index contributed by atoms with van der Waals surface area (Å²) in [4.78, 5) is 22.6. The Labute approximate surface area is 110 Å². The molecule has 0 spiro atoms. The quantitative estimate of drug-likeness (QED) is 0.644. The summed E-state index contributed by atoms with van der Waals surface area (Å²) in [5.74, 6) is -2.75. The number of hydrogen-bond donors (Lipinski definition) is 2. The third-order valence-electron chi connectivity index (χ3n) is 2.64. The topological polar surface area (TPSA) is 89.6 Å². The molecule has 5 nitrogen and oxygen atoms in total. The van der Waals surface area contributed by atoms with Crippen LogP contribution in [0.5, 0.6) is 0 Å². The van der Waals surface area contributed by atoms with Crippen molar-refractivity contribution in [1.29, 1.82) is 0 Å². The van der Waals surface area contributed by atoms with E-state index in [2.05, 4.69) is 0 Å². The molecule has 1 rings (SSSR count). The molecule has 0 amide bonds. The van der Waals surface area contributed by atoms with Gasteiger partial charge in [0.25, 0.3) is 0 Å². The molecule has 1 aromatic rings. The second-order valence-corrected chi connectivity index (χ2v) is 4.96. The molecule has 0 radical (unpaired) electrons. The summed E-state index contributed by atoms with van der Waals surface area (Å²) in [6, 6.07) is 2.56. The first-order valence-electron chi connectivity index (χ1n) is 5.61. The highest BCUT2D eigenvalue weighted by Gasteiger charge is 2.29. The fourth-order valence-corrected chi connectivity index (χ4v) is 1.33. The molecule has 0 heterocycles. The van der Waals surface area contributed by atoms with Gasteiger partial charge in [-0.1, -0.05) is 0 Å². The van der Waals surface area contributed by atoms with Gasteiger partial charge in [0.2, 0.25) is 0 Å². The molecule has 0 aliphatic rings. The summed E-state index contributed by atoms with van der Waals surface area (Å²) < 4.78 is 18.6. The fourth-order valence-electron chi connectivity index (χ4n) is 1.33. The zero-order valence-corrected chi connectivity index (χ0v) is 11.0. The molecule has 0 aliphatic carbocycles. The average Bonchev–Trinajstić information content (AvgIpc) is 2.30. The lowest BCUT2D eigenvalue weighted by Crippen LogP contribution is -2.30. The lowest BCUT2D eigenvalue weighted by molar-refractivity contribution is -0.149. The van der Waals surface area contributed by atoms with Crippen molar-refractivity contribution in [2.24, 2.45) is 5.41 Å². The number of carboxylic acids is 1. The van der Waals surface area contributed by atoms with E-state index in [-0.39, 0.29) is 23.4 Å². The van der Waals surface area contributed by atoms with Crippen molar-refractivity contribution in [3.63, 3.8) is 0 Å². The standard InChI is InChI=1S/C13H16FNO4/c1-7-4-8(15)5-9(10(7)14)11(16)19-6-13(2,3)12(17)18/h4-5H,6,15H2,1-3H3,(H,17,18). The molecule has 1 aromatic carbocycles. The van der Waals surface area contributed by atoms with Crippen molar-refractivity contribution in [3.8, 4) is 0 Å². The third-order valence-corrected chi connectivity index (χ3v) is 2.64. The first-order valence-corrected chi connectivity index (χ1v) is 5.61. The van der Waals surface area contributed by atoms with Crippen LogP contribution in [0.2, 0.25) is 0 Å². The predicted octanol–water partition coefficient (Wildman–Crippen LogP) is 1.98. The molecule has 19 heavy (non-hydrogen) atoms. The van der Waals surface area contributed by atoms with Crippen molar-refractivity contribution < 1.29 is 23.8 Å². The molecule has 104 valence electrons. The smallest absolute Gasteiger partial charge is 0.341 e. The summed E-state index contributed by atoms with van der Waals surface area (Å²) in [5.41, 5.74) is 4.47. The monoisotopic (exact) mass is 269 g/mol. The molecule has 0 fully saturated rings. The van der Waals surface area contributed by atoms with Gasteiger partial charge >= 0.3 is 11.9 Å². The normalized spacial score (nSPS) is 11.2. The van der Waals surface area contributed by atoms with Crippen molar-refractivity contribution in [2.45, 2.75) is 20.8 Å². The lowest BCUT2D eigenvalue weighted by Gasteiger charge is -2.18. The van der Waals surface area contributed by atoms with Crippen molar-refractivity contribution >= 4 is 17.6 Å². The van der Waals surface area contributed by atoms with Crippen molar-refractivity contribution in [1.82, 2.24) is 0 Å². The summed E-state index contributed by atoms with van der Waals surface area (Å²) in [6.45, 7) is 3.94. The Morgan fingerprint density at radius 3 is 2.53 bits per heavy atom. The van der Waals surface area contributed by atoms with E-state index in [0.717, 1.165) is 0 Å². The van der Waals surface area contributed by atoms with Crippen LogP contribution in [0, 0.1) is 18.2 Å². The van der Waals surface area contributed by atoms with E-state index in [1.807, 2.05) is 0 Å². The number of benzene rings is 1. The molecule has 0 bridgehead atoms. The van der Waals surface area contributed by atoms with Crippen LogP contribution in [0.3, 0.4) is 0 Å². The molecule has 0 atom stereocenters. The molecule has 0 saturated heterocycles. The van der Waals surface area contributed by atoms with E-state index in [4.69, 9.17) is 15.6 Å². The minimum absolute atomic E-state index is 0.226. The van der Waals surface area contributed by atoms with Crippen molar-refractivity contribution in [2.75, 3.05) is 12.3 Å². The van der Waals surface area contributed by atoms with E-state index >= 15 is 0 Å². The van der Waals surface area contributed by atoms with E-state index in [0.29, 0.717) is 0 Å². The second kappa shape index (κ2) is 5.26. The van der Waals surface area contributed by atoms with Crippen LogP contribution in [0.15, 0.2) is 12.1 Å². The van der Waals surface area contributed by atoms with E-state index in [1.54, 1.807) is 0 Å². The van der Waals surface area contributed by atoms with Crippen LogP contribution in [0.25, 0.3) is 0 Å². The molecule has 3 N–H and O–H groups in total. The minimum Gasteiger partial charge on any atom is -0.481 e. The Morgan fingerprint density at radius 2 is 2.00 bits per heavy atom. The molecule has 0 aromatic heterocycles. The molecular formula is C13H16FNO4. The third kappa shape index (κ3) is 3.43. The number of anilines is 1. The number of rotatable bonds is 4. The van der Waals surface area contributed by atoms with Crippen LogP contribution < -0.4 is 5.73 Å². The number of ether oxygens (including phenoxy) is 1. The van der Waals surface area contributed by atoms with Gasteiger partial charge in [-0.15, -0.1) is 0 Å². The first-order chi connectivity index (χ1) is 8.65. The van der Waals surface area contributed by atoms with Crippen LogP contribution >= 0.6 is 0 Å². The zero-order valence-electron chi connectivity index (χ0n) is 11.0. The molecule has 6 heteroatoms. The largest absolute Gasteiger partial charge is 0.481 e. The summed E-state index contributed by atoms with van der Waals surface area (Å²) in [6.07, 6.45) is 0. The van der Waals surface area contributed by atoms with Gasteiger partial charge in [0.1, 0.15) is 12.4 Å². The van der Waals surface area contributed by atoms with Gasteiger partial charge < -0.3 is 15.6 Å². The maximum absolute atomic E-state index is 13.7. The summed E-state index contributed by atoms with van der Waals surface area (Å²) >= 11 is 0. The maximum Gasteiger partial charge on any atom is 0.341 e. The average molecular weight is 269 g/mol. The van der Waals surface area contributed by atoms with Crippen LogP contribution in [-0.2, 0) is 9.53 Å². The Balaban J connectivity index is 2.88. The van der Waals surface area contributed by atoms with E-state index < -0.39 is 23.2 Å². The Hall–Kier alpha value is -2.11. The number of nitrogens with two attached hydrogens (primary N) is 1. The first kappa shape index (κ1) is 14.9. The molecular weight excluding hydrogens is 253 g/mol. The summed E-state index contributed by atoms with van der Waals surface area (Å²) in [7, 11) is 0. The van der Waals surface area contributed by atoms with Gasteiger partial charge in [-0.25, -0.2) is 9.18 Å². The van der Waals surface area contributed by atoms with Gasteiger partial charge in [0, 0.05) is 5.69 Å². The molecule has 0 unspecified atom stereocenters. The van der Waals surface area contributed by atoms with Gasteiger partial charge in [-0.3, -0.25) is 4.79 Å². The Bertz CT molecular complexity index is 526. The summed E-state index contributed by atoms with van der Waals surface area (Å²) in [5, 5.41) is 8.88. The number of nitrogen functional groups attached to an aromatic ring is 1. The van der Waals surface area contributed by atoms with E-state index in [1.165, 1.54) is 32.9 Å². The van der Waals surface area contributed by atoms with E-state index in [9.17, 15) is 14.0 Å². The van der Waals surface area contributed by atoms with Crippen LogP contribution in [-0.4, -0.2) is 23.7 Å². The van der Waals surface area contributed by atoms with Crippen LogP contribution in [0.1, 0.15) is 29.8 Å². The minimum atomic E-state index is -1.23. The number of halogens is 1. The van der Waals surface area contributed by atoms with Gasteiger partial charge in [0.15, 0.2) is 0 Å². The SMILES string of the molecule is Cc1cc(N)cc(C(=O)OCC(C)(C)C(=O)O)c1F. The van der Waals surface area contributed by atoms with Gasteiger partial charge in [-0.05, 0) is 38.5 Å². The number of esters is 1. The Morgan fingerprint density at radius 1 is 1.42 bits per heavy atom. The second-order valence-electron chi connectivity index (χ2n) is 4.96. The number of carbonyl (C=O) groups excluding carboxylic acids is 1. The highest BCUT2D eigenvalue weighted by Crippen LogP contribution is 2.20. The predicted molar refractivity (Wildman–Crippen MR) is 67.2 cm³/mol. The van der Waals surface area contributed by atoms with Crippen molar-refractivity contribution in [3.05, 3.63) is 29.1 Å². The van der Waals surface area contributed by atoms with Crippen LogP contribution in [0.4, 0.5) is 10.1 Å². The number of carboxylic acid groups (broad SMARTS) is 1. The van der Waals surface area contributed by atoms with Gasteiger partial charge in [-0.2, -0.15) is 0 Å². The number of aliphatic carboxylic acids is 1. The highest BCUT2D eigenvalue weighted by atomic mass is 19.1. The number of carbonyl (C=O) groups is 2. The fraction of sp³-hybridized carbons (Fsp3) is 0.385. The molecule has 0 saturated carbocycles. The highest BCUT2D eigenvalue weighted by molar-refractivity contribution is 5.91.